The predicted molar refractivity (Wildman–Crippen MR) is 113 cm³/mol. The number of halogens is 1. The molecule has 142 valence electrons. The summed E-state index contributed by atoms with van der Waals surface area (Å²) in [6.07, 6.45) is 0.969. The van der Waals surface area contributed by atoms with Crippen LogP contribution in [0.25, 0.3) is 0 Å². The molecule has 0 bridgehead atoms. The molecule has 0 unspecified atom stereocenters. The third kappa shape index (κ3) is 5.03. The smallest absolute Gasteiger partial charge is 0.109 e. The van der Waals surface area contributed by atoms with Crippen LogP contribution in [0.1, 0.15) is 55.9 Å². The Hall–Kier alpha value is -2.03. The van der Waals surface area contributed by atoms with Crippen LogP contribution in [0.3, 0.4) is 0 Å². The van der Waals surface area contributed by atoms with Crippen LogP contribution in [0.15, 0.2) is 71.1 Å². The Morgan fingerprint density at radius 1 is 0.926 bits per heavy atom. The molecule has 0 fully saturated rings. The van der Waals surface area contributed by atoms with Gasteiger partial charge in [0, 0.05) is 16.5 Å². The molecule has 0 aliphatic heterocycles. The van der Waals surface area contributed by atoms with Crippen molar-refractivity contribution in [2.75, 3.05) is 0 Å². The first-order valence-electron chi connectivity index (χ1n) is 9.48. The largest absolute Gasteiger partial charge is 0.466 e. The average molecular weight is 382 g/mol. The van der Waals surface area contributed by atoms with E-state index >= 15 is 0 Å². The monoisotopic (exact) mass is 381 g/mol. The lowest BCUT2D eigenvalue weighted by Gasteiger charge is -2.30. The van der Waals surface area contributed by atoms with Gasteiger partial charge in [-0.1, -0.05) is 67.9 Å². The third-order valence-corrected chi connectivity index (χ3v) is 5.26. The minimum atomic E-state index is -0.0398. The summed E-state index contributed by atoms with van der Waals surface area (Å²) in [5, 5.41) is 4.57. The maximum atomic E-state index is 6.09. The van der Waals surface area contributed by atoms with Crippen molar-refractivity contribution < 1.29 is 4.42 Å². The number of rotatable bonds is 7. The Labute approximate surface area is 167 Å². The van der Waals surface area contributed by atoms with Crippen molar-refractivity contribution in [2.24, 2.45) is 0 Å². The molecule has 1 N–H and O–H groups in total. The lowest BCUT2D eigenvalue weighted by molar-refractivity contribution is 0.313. The summed E-state index contributed by atoms with van der Waals surface area (Å²) in [5.74, 6) is 2.00. The fourth-order valence-corrected chi connectivity index (χ4v) is 3.82. The molecular weight excluding hydrogens is 354 g/mol. The average Bonchev–Trinajstić information content (AvgIpc) is 3.08. The first kappa shape index (κ1) is 19.7. The summed E-state index contributed by atoms with van der Waals surface area (Å²) < 4.78 is 5.89. The first-order chi connectivity index (χ1) is 12.8. The molecule has 3 rings (SSSR count). The van der Waals surface area contributed by atoms with Gasteiger partial charge in [0.15, 0.2) is 0 Å². The summed E-state index contributed by atoms with van der Waals surface area (Å²) in [5.41, 5.74) is 2.42. The second-order valence-corrected chi connectivity index (χ2v) is 8.40. The van der Waals surface area contributed by atoms with Gasteiger partial charge in [-0.05, 0) is 55.7 Å². The normalized spacial score (nSPS) is 14.1. The molecule has 0 saturated heterocycles. The van der Waals surface area contributed by atoms with E-state index in [0.717, 1.165) is 23.0 Å². The lowest BCUT2D eigenvalue weighted by Crippen LogP contribution is -2.36. The highest BCUT2D eigenvalue weighted by molar-refractivity contribution is 6.30. The van der Waals surface area contributed by atoms with Crippen molar-refractivity contribution in [1.82, 2.24) is 5.32 Å². The molecule has 0 spiro atoms. The molecule has 0 amide bonds. The Morgan fingerprint density at radius 3 is 2.15 bits per heavy atom. The van der Waals surface area contributed by atoms with Crippen LogP contribution in [0.4, 0.5) is 0 Å². The van der Waals surface area contributed by atoms with Crippen molar-refractivity contribution in [3.05, 3.63) is 94.4 Å². The van der Waals surface area contributed by atoms with E-state index < -0.39 is 0 Å². The highest BCUT2D eigenvalue weighted by Gasteiger charge is 2.28. The Balaban J connectivity index is 1.80. The van der Waals surface area contributed by atoms with Crippen molar-refractivity contribution in [2.45, 2.75) is 51.6 Å². The van der Waals surface area contributed by atoms with Crippen LogP contribution < -0.4 is 5.32 Å². The summed E-state index contributed by atoms with van der Waals surface area (Å²) in [6, 6.07) is 23.2. The molecule has 27 heavy (non-hydrogen) atoms. The van der Waals surface area contributed by atoms with E-state index in [9.17, 15) is 0 Å². The third-order valence-electron chi connectivity index (χ3n) is 5.01. The fourth-order valence-electron chi connectivity index (χ4n) is 3.69. The van der Waals surface area contributed by atoms with Crippen molar-refractivity contribution >= 4 is 11.6 Å². The number of aryl methyl sites for hydroxylation is 1. The molecule has 1 heterocycles. The first-order valence-corrected chi connectivity index (χ1v) is 9.86. The molecule has 2 nitrogen and oxygen atoms in total. The molecule has 1 aromatic heterocycles. The van der Waals surface area contributed by atoms with Gasteiger partial charge in [-0.3, -0.25) is 0 Å². The zero-order valence-electron chi connectivity index (χ0n) is 16.5. The zero-order valence-corrected chi connectivity index (χ0v) is 17.3. The van der Waals surface area contributed by atoms with Crippen LogP contribution >= 0.6 is 11.6 Å². The predicted octanol–water partition coefficient (Wildman–Crippen LogP) is 6.68. The SMILES string of the molecule is Cc1ccc(C(C)(C)C[C@H](C)N[C@H](c2ccccc2)c2ccc(Cl)cc2)o1. The number of furan rings is 1. The summed E-state index contributed by atoms with van der Waals surface area (Å²) in [6.45, 7) is 8.71. The molecule has 0 aliphatic carbocycles. The van der Waals surface area contributed by atoms with Gasteiger partial charge in [-0.25, -0.2) is 0 Å². The summed E-state index contributed by atoms with van der Waals surface area (Å²) in [4.78, 5) is 0. The van der Waals surface area contributed by atoms with E-state index in [-0.39, 0.29) is 11.5 Å². The quantitative estimate of drug-likeness (QED) is 0.494. The number of hydrogen-bond acceptors (Lipinski definition) is 2. The van der Waals surface area contributed by atoms with Crippen LogP contribution in [0, 0.1) is 6.92 Å². The van der Waals surface area contributed by atoms with Gasteiger partial charge in [0.25, 0.3) is 0 Å². The van der Waals surface area contributed by atoms with Gasteiger partial charge in [-0.2, -0.15) is 0 Å². The van der Waals surface area contributed by atoms with E-state index in [2.05, 4.69) is 68.6 Å². The lowest BCUT2D eigenvalue weighted by atomic mass is 9.83. The standard InChI is InChI=1S/C24H28ClNO/c1-17(16-24(3,4)22-15-10-18(2)27-22)26-23(19-8-6-5-7-9-19)20-11-13-21(25)14-12-20/h5-15,17,23,26H,16H2,1-4H3/t17-,23+/m0/s1. The number of benzene rings is 2. The highest BCUT2D eigenvalue weighted by atomic mass is 35.5. The zero-order chi connectivity index (χ0) is 19.4. The van der Waals surface area contributed by atoms with E-state index in [0.29, 0.717) is 6.04 Å². The molecule has 0 aliphatic rings. The molecule has 2 atom stereocenters. The van der Waals surface area contributed by atoms with Gasteiger partial charge >= 0.3 is 0 Å². The fraction of sp³-hybridized carbons (Fsp3) is 0.333. The van der Waals surface area contributed by atoms with Crippen LogP contribution in [-0.2, 0) is 5.41 Å². The minimum Gasteiger partial charge on any atom is -0.466 e. The van der Waals surface area contributed by atoms with E-state index in [1.54, 1.807) is 0 Å². The van der Waals surface area contributed by atoms with Gasteiger partial charge in [0.2, 0.25) is 0 Å². The van der Waals surface area contributed by atoms with E-state index in [4.69, 9.17) is 16.0 Å². The maximum Gasteiger partial charge on any atom is 0.109 e. The van der Waals surface area contributed by atoms with Crippen molar-refractivity contribution in [3.63, 3.8) is 0 Å². The second-order valence-electron chi connectivity index (χ2n) is 7.96. The molecule has 0 radical (unpaired) electrons. The maximum absolute atomic E-state index is 6.09. The van der Waals surface area contributed by atoms with Crippen LogP contribution in [0.2, 0.25) is 5.02 Å². The molecule has 2 aromatic carbocycles. The van der Waals surface area contributed by atoms with Crippen molar-refractivity contribution in [1.29, 1.82) is 0 Å². The highest BCUT2D eigenvalue weighted by Crippen LogP contribution is 2.31. The van der Waals surface area contributed by atoms with Gasteiger partial charge < -0.3 is 9.73 Å². The molecule has 3 aromatic rings. The summed E-state index contributed by atoms with van der Waals surface area (Å²) >= 11 is 6.09. The Bertz CT molecular complexity index is 852. The van der Waals surface area contributed by atoms with Crippen LogP contribution in [-0.4, -0.2) is 6.04 Å². The van der Waals surface area contributed by atoms with Gasteiger partial charge in [-0.15, -0.1) is 0 Å². The number of hydrogen-bond donors (Lipinski definition) is 1. The van der Waals surface area contributed by atoms with Gasteiger partial charge in [0.1, 0.15) is 11.5 Å². The number of nitrogens with one attached hydrogen (secondary N) is 1. The van der Waals surface area contributed by atoms with E-state index in [1.165, 1.54) is 11.1 Å². The molecule has 3 heteroatoms. The van der Waals surface area contributed by atoms with E-state index in [1.807, 2.05) is 31.2 Å². The second kappa shape index (κ2) is 8.33. The molecular formula is C24H28ClNO. The van der Waals surface area contributed by atoms with Crippen molar-refractivity contribution in [3.8, 4) is 0 Å². The van der Waals surface area contributed by atoms with Gasteiger partial charge in [0.05, 0.1) is 6.04 Å². The topological polar surface area (TPSA) is 25.2 Å². The van der Waals surface area contributed by atoms with Crippen LogP contribution in [0.5, 0.6) is 0 Å². The molecule has 0 saturated carbocycles. The minimum absolute atomic E-state index is 0.0398. The summed E-state index contributed by atoms with van der Waals surface area (Å²) in [7, 11) is 0. The Kier molecular flexibility index (Phi) is 6.08. The Morgan fingerprint density at radius 2 is 1.56 bits per heavy atom.